The molecular weight excluding hydrogens is 214 g/mol. The predicted octanol–water partition coefficient (Wildman–Crippen LogP) is 1.80. The van der Waals surface area contributed by atoms with Gasteiger partial charge in [-0.3, -0.25) is 0 Å². The normalized spacial score (nSPS) is 10.3. The second-order valence-corrected chi connectivity index (χ2v) is 3.92. The third-order valence-corrected chi connectivity index (χ3v) is 2.24. The first kappa shape index (κ1) is 11.4. The lowest BCUT2D eigenvalue weighted by atomic mass is 10.3. The number of aryl methyl sites for hydroxylation is 3. The third kappa shape index (κ3) is 3.21. The minimum atomic E-state index is 0.603. The quantitative estimate of drug-likeness (QED) is 0.869. The maximum atomic E-state index is 4.31. The minimum Gasteiger partial charge on any atom is -0.349 e. The van der Waals surface area contributed by atoms with Crippen LogP contribution in [0.4, 0.5) is 5.95 Å². The van der Waals surface area contributed by atoms with Crippen LogP contribution in [0.25, 0.3) is 0 Å². The van der Waals surface area contributed by atoms with Crippen molar-refractivity contribution in [2.75, 3.05) is 5.32 Å². The summed E-state index contributed by atoms with van der Waals surface area (Å²) in [6.07, 6.45) is 1.75. The number of anilines is 1. The van der Waals surface area contributed by atoms with E-state index in [0.717, 1.165) is 22.9 Å². The van der Waals surface area contributed by atoms with Gasteiger partial charge in [0.1, 0.15) is 5.82 Å². The van der Waals surface area contributed by atoms with E-state index in [9.17, 15) is 0 Å². The minimum absolute atomic E-state index is 0.603. The Morgan fingerprint density at radius 3 is 2.41 bits per heavy atom. The van der Waals surface area contributed by atoms with Gasteiger partial charge in [-0.1, -0.05) is 0 Å². The van der Waals surface area contributed by atoms with Crippen molar-refractivity contribution in [2.24, 2.45) is 0 Å². The highest BCUT2D eigenvalue weighted by Gasteiger charge is 2.00. The third-order valence-electron chi connectivity index (χ3n) is 2.24. The van der Waals surface area contributed by atoms with Crippen molar-refractivity contribution in [3.8, 4) is 0 Å². The van der Waals surface area contributed by atoms with Crippen LogP contribution in [0.2, 0.25) is 0 Å². The van der Waals surface area contributed by atoms with E-state index in [1.165, 1.54) is 0 Å². The lowest BCUT2D eigenvalue weighted by molar-refractivity contribution is 0.931. The molecule has 2 rings (SSSR count). The molecule has 5 nitrogen and oxygen atoms in total. The van der Waals surface area contributed by atoms with Crippen LogP contribution in [0, 0.1) is 20.8 Å². The maximum Gasteiger partial charge on any atom is 0.223 e. The van der Waals surface area contributed by atoms with Gasteiger partial charge in [0.25, 0.3) is 0 Å². The molecule has 88 valence electrons. The molecule has 0 saturated carbocycles. The zero-order valence-electron chi connectivity index (χ0n) is 10.2. The lowest BCUT2D eigenvalue weighted by Gasteiger charge is -2.06. The molecule has 0 aliphatic heterocycles. The van der Waals surface area contributed by atoms with Gasteiger partial charge in [-0.15, -0.1) is 0 Å². The monoisotopic (exact) mass is 229 g/mol. The van der Waals surface area contributed by atoms with Crippen LogP contribution in [0.3, 0.4) is 0 Å². The van der Waals surface area contributed by atoms with Crippen molar-refractivity contribution in [1.29, 1.82) is 0 Å². The molecular formula is C12H15N5. The van der Waals surface area contributed by atoms with Crippen molar-refractivity contribution in [2.45, 2.75) is 27.3 Å². The SMILES string of the molecule is Cc1cc(C)nc(NCc2ccnc(C)n2)n1. The molecule has 0 atom stereocenters. The highest BCUT2D eigenvalue weighted by molar-refractivity contribution is 5.28. The van der Waals surface area contributed by atoms with E-state index in [-0.39, 0.29) is 0 Å². The number of aromatic nitrogens is 4. The summed E-state index contributed by atoms with van der Waals surface area (Å²) in [6.45, 7) is 6.38. The fourth-order valence-electron chi connectivity index (χ4n) is 1.58. The summed E-state index contributed by atoms with van der Waals surface area (Å²) in [5, 5.41) is 3.16. The molecule has 5 heteroatoms. The molecule has 2 aromatic rings. The number of nitrogens with zero attached hydrogens (tertiary/aromatic N) is 4. The Morgan fingerprint density at radius 1 is 1.06 bits per heavy atom. The van der Waals surface area contributed by atoms with Gasteiger partial charge in [0.2, 0.25) is 5.95 Å². The van der Waals surface area contributed by atoms with E-state index in [4.69, 9.17) is 0 Å². The van der Waals surface area contributed by atoms with Crippen LogP contribution in [-0.4, -0.2) is 19.9 Å². The van der Waals surface area contributed by atoms with Crippen molar-refractivity contribution < 1.29 is 0 Å². The van der Waals surface area contributed by atoms with Crippen molar-refractivity contribution in [1.82, 2.24) is 19.9 Å². The molecule has 0 amide bonds. The maximum absolute atomic E-state index is 4.31. The molecule has 1 N–H and O–H groups in total. The predicted molar refractivity (Wildman–Crippen MR) is 65.6 cm³/mol. The standard InChI is InChI=1S/C12H15N5/c1-8-6-9(2)16-12(15-8)14-7-11-4-5-13-10(3)17-11/h4-6H,7H2,1-3H3,(H,14,15,16). The van der Waals surface area contributed by atoms with Gasteiger partial charge in [-0.2, -0.15) is 0 Å². The summed E-state index contributed by atoms with van der Waals surface area (Å²) >= 11 is 0. The zero-order chi connectivity index (χ0) is 12.3. The fourth-order valence-corrected chi connectivity index (χ4v) is 1.58. The van der Waals surface area contributed by atoms with Crippen LogP contribution in [-0.2, 0) is 6.54 Å². The van der Waals surface area contributed by atoms with Crippen LogP contribution in [0.15, 0.2) is 18.3 Å². The number of hydrogen-bond acceptors (Lipinski definition) is 5. The molecule has 2 aromatic heterocycles. The molecule has 0 fully saturated rings. The molecule has 0 aliphatic rings. The van der Waals surface area contributed by atoms with Gasteiger partial charge >= 0.3 is 0 Å². The average molecular weight is 229 g/mol. The first-order valence-corrected chi connectivity index (χ1v) is 5.48. The van der Waals surface area contributed by atoms with Gasteiger partial charge in [-0.05, 0) is 32.9 Å². The fraction of sp³-hybridized carbons (Fsp3) is 0.333. The van der Waals surface area contributed by atoms with Crippen molar-refractivity contribution in [3.63, 3.8) is 0 Å². The Balaban J connectivity index is 2.07. The summed E-state index contributed by atoms with van der Waals surface area (Å²) in [5.41, 5.74) is 2.85. The summed E-state index contributed by atoms with van der Waals surface area (Å²) in [4.78, 5) is 17.0. The van der Waals surface area contributed by atoms with Crippen molar-refractivity contribution >= 4 is 5.95 Å². The van der Waals surface area contributed by atoms with E-state index in [2.05, 4.69) is 25.3 Å². The average Bonchev–Trinajstić information content (AvgIpc) is 2.25. The van der Waals surface area contributed by atoms with Crippen LogP contribution < -0.4 is 5.32 Å². The van der Waals surface area contributed by atoms with Crippen LogP contribution in [0.5, 0.6) is 0 Å². The molecule has 0 spiro atoms. The summed E-state index contributed by atoms with van der Waals surface area (Å²) < 4.78 is 0. The van der Waals surface area contributed by atoms with E-state index in [1.54, 1.807) is 6.20 Å². The number of nitrogens with one attached hydrogen (secondary N) is 1. The molecule has 17 heavy (non-hydrogen) atoms. The van der Waals surface area contributed by atoms with E-state index >= 15 is 0 Å². The number of hydrogen-bond donors (Lipinski definition) is 1. The second kappa shape index (κ2) is 4.86. The molecule has 0 radical (unpaired) electrons. The zero-order valence-corrected chi connectivity index (χ0v) is 10.2. The largest absolute Gasteiger partial charge is 0.349 e. The first-order chi connectivity index (χ1) is 8.13. The van der Waals surface area contributed by atoms with Crippen molar-refractivity contribution in [3.05, 3.63) is 41.2 Å². The Kier molecular flexibility index (Phi) is 3.27. The molecule has 0 unspecified atom stereocenters. The first-order valence-electron chi connectivity index (χ1n) is 5.48. The van der Waals surface area contributed by atoms with Crippen LogP contribution in [0.1, 0.15) is 22.9 Å². The topological polar surface area (TPSA) is 63.6 Å². The lowest BCUT2D eigenvalue weighted by Crippen LogP contribution is -2.07. The van der Waals surface area contributed by atoms with E-state index < -0.39 is 0 Å². The smallest absolute Gasteiger partial charge is 0.223 e. The van der Waals surface area contributed by atoms with Gasteiger partial charge in [0, 0.05) is 17.6 Å². The van der Waals surface area contributed by atoms with E-state index in [1.807, 2.05) is 32.9 Å². The number of rotatable bonds is 3. The second-order valence-electron chi connectivity index (χ2n) is 3.92. The highest BCUT2D eigenvalue weighted by atomic mass is 15.1. The summed E-state index contributed by atoms with van der Waals surface area (Å²) in [7, 11) is 0. The molecule has 2 heterocycles. The highest BCUT2D eigenvalue weighted by Crippen LogP contribution is 2.05. The van der Waals surface area contributed by atoms with Gasteiger partial charge < -0.3 is 5.32 Å². The Bertz CT molecular complexity index is 504. The Hall–Kier alpha value is -2.04. The van der Waals surface area contributed by atoms with Gasteiger partial charge in [0.05, 0.1) is 12.2 Å². The summed E-state index contributed by atoms with van der Waals surface area (Å²) in [5.74, 6) is 1.41. The molecule has 0 bridgehead atoms. The Labute approximate surface area is 100 Å². The van der Waals surface area contributed by atoms with Crippen LogP contribution >= 0.6 is 0 Å². The Morgan fingerprint density at radius 2 is 1.76 bits per heavy atom. The van der Waals surface area contributed by atoms with Gasteiger partial charge in [0.15, 0.2) is 0 Å². The molecule has 0 aromatic carbocycles. The summed E-state index contributed by atoms with van der Waals surface area (Å²) in [6, 6.07) is 3.82. The van der Waals surface area contributed by atoms with Gasteiger partial charge in [-0.25, -0.2) is 19.9 Å². The molecule has 0 aliphatic carbocycles. The molecule has 0 saturated heterocycles. The van der Waals surface area contributed by atoms with E-state index in [0.29, 0.717) is 12.5 Å².